The lowest BCUT2D eigenvalue weighted by molar-refractivity contribution is 0.255. The zero-order valence-corrected chi connectivity index (χ0v) is 11.2. The Hall–Kier alpha value is -1.84. The zero-order chi connectivity index (χ0) is 13.8. The van der Waals surface area contributed by atoms with Crippen LogP contribution in [0.5, 0.6) is 0 Å². The van der Waals surface area contributed by atoms with Gasteiger partial charge in [0.1, 0.15) is 5.82 Å². The van der Waals surface area contributed by atoms with Crippen molar-refractivity contribution in [1.82, 2.24) is 5.32 Å². The highest BCUT2D eigenvalue weighted by molar-refractivity contribution is 5.89. The maximum Gasteiger partial charge on any atom is 0.323 e. The fraction of sp³-hybridized carbons (Fsp3) is 0.357. The van der Waals surface area contributed by atoms with Crippen molar-refractivity contribution >= 4 is 11.7 Å². The summed E-state index contributed by atoms with van der Waals surface area (Å²) in [6.07, 6.45) is 1.66. The fourth-order valence-electron chi connectivity index (χ4n) is 1.12. The van der Waals surface area contributed by atoms with Crippen LogP contribution >= 0.6 is 0 Å². The molecule has 98 valence electrons. The maximum absolute atomic E-state index is 12.9. The number of rotatable bonds is 2. The van der Waals surface area contributed by atoms with E-state index in [1.165, 1.54) is 12.1 Å². The molecule has 0 aliphatic carbocycles. The van der Waals surface area contributed by atoms with E-state index in [2.05, 4.69) is 31.4 Å². The van der Waals surface area contributed by atoms with Crippen LogP contribution in [0.4, 0.5) is 14.9 Å². The van der Waals surface area contributed by atoms with Gasteiger partial charge in [-0.2, -0.15) is 0 Å². The SMILES string of the molecule is C/C(=C\NC(=O)Nc1cccc(F)c1)C(C)(C)C. The first kappa shape index (κ1) is 14.2. The van der Waals surface area contributed by atoms with Crippen molar-refractivity contribution in [3.63, 3.8) is 0 Å². The molecule has 0 fully saturated rings. The minimum atomic E-state index is -0.385. The summed E-state index contributed by atoms with van der Waals surface area (Å²) in [7, 11) is 0. The molecule has 18 heavy (non-hydrogen) atoms. The molecule has 2 amide bonds. The molecule has 0 saturated heterocycles. The molecule has 4 heteroatoms. The lowest BCUT2D eigenvalue weighted by atomic mass is 9.88. The van der Waals surface area contributed by atoms with Gasteiger partial charge in [-0.3, -0.25) is 0 Å². The van der Waals surface area contributed by atoms with Crippen LogP contribution in [0, 0.1) is 11.2 Å². The van der Waals surface area contributed by atoms with E-state index in [9.17, 15) is 9.18 Å². The molecule has 1 aromatic rings. The van der Waals surface area contributed by atoms with Crippen LogP contribution in [0.3, 0.4) is 0 Å². The molecule has 0 aliphatic rings. The van der Waals surface area contributed by atoms with Gasteiger partial charge < -0.3 is 10.6 Å². The van der Waals surface area contributed by atoms with Crippen molar-refractivity contribution in [3.05, 3.63) is 41.9 Å². The van der Waals surface area contributed by atoms with E-state index in [1.54, 1.807) is 18.3 Å². The van der Waals surface area contributed by atoms with Gasteiger partial charge in [-0.05, 0) is 30.5 Å². The molecular weight excluding hydrogens is 231 g/mol. The Morgan fingerprint density at radius 1 is 1.33 bits per heavy atom. The van der Waals surface area contributed by atoms with E-state index < -0.39 is 0 Å². The summed E-state index contributed by atoms with van der Waals surface area (Å²) in [4.78, 5) is 11.6. The summed E-state index contributed by atoms with van der Waals surface area (Å²) in [5.41, 5.74) is 1.48. The standard InChI is InChI=1S/C14H19FN2O/c1-10(14(2,3)4)9-16-13(18)17-12-7-5-6-11(15)8-12/h5-9H,1-4H3,(H2,16,17,18)/b10-9+. The summed E-state index contributed by atoms with van der Waals surface area (Å²) in [6.45, 7) is 8.13. The molecule has 0 radical (unpaired) electrons. The third-order valence-electron chi connectivity index (χ3n) is 2.69. The number of carbonyl (C=O) groups excluding carboxylic acids is 1. The number of allylic oxidation sites excluding steroid dienone is 1. The first-order valence-corrected chi connectivity index (χ1v) is 5.79. The van der Waals surface area contributed by atoms with Gasteiger partial charge in [-0.1, -0.05) is 32.4 Å². The third-order valence-corrected chi connectivity index (χ3v) is 2.69. The van der Waals surface area contributed by atoms with Gasteiger partial charge in [0.25, 0.3) is 0 Å². The Kier molecular flexibility index (Phi) is 4.48. The van der Waals surface area contributed by atoms with Crippen molar-refractivity contribution in [1.29, 1.82) is 0 Å². The second-order valence-electron chi connectivity index (χ2n) is 5.19. The number of hydrogen-bond acceptors (Lipinski definition) is 1. The smallest absolute Gasteiger partial charge is 0.314 e. The van der Waals surface area contributed by atoms with Crippen molar-refractivity contribution < 1.29 is 9.18 Å². The summed E-state index contributed by atoms with van der Waals surface area (Å²) in [6, 6.07) is 5.38. The van der Waals surface area contributed by atoms with Crippen LogP contribution in [0.15, 0.2) is 36.0 Å². The lowest BCUT2D eigenvalue weighted by Gasteiger charge is -2.19. The fourth-order valence-corrected chi connectivity index (χ4v) is 1.12. The molecule has 0 saturated carbocycles. The molecule has 0 heterocycles. The normalized spacial score (nSPS) is 12.2. The van der Waals surface area contributed by atoms with Crippen LogP contribution in [0.1, 0.15) is 27.7 Å². The van der Waals surface area contributed by atoms with E-state index in [4.69, 9.17) is 0 Å². The monoisotopic (exact) mass is 250 g/mol. The Labute approximate surface area is 107 Å². The second kappa shape index (κ2) is 5.67. The van der Waals surface area contributed by atoms with Gasteiger partial charge in [0.05, 0.1) is 0 Å². The number of anilines is 1. The second-order valence-corrected chi connectivity index (χ2v) is 5.19. The van der Waals surface area contributed by atoms with Crippen LogP contribution < -0.4 is 10.6 Å². The van der Waals surface area contributed by atoms with E-state index in [1.807, 2.05) is 6.92 Å². The summed E-state index contributed by atoms with van der Waals surface area (Å²) in [5, 5.41) is 5.18. The summed E-state index contributed by atoms with van der Waals surface area (Å²) < 4.78 is 12.9. The van der Waals surface area contributed by atoms with Crippen molar-refractivity contribution in [2.75, 3.05) is 5.32 Å². The van der Waals surface area contributed by atoms with Gasteiger partial charge in [-0.25, -0.2) is 9.18 Å². The average molecular weight is 250 g/mol. The van der Waals surface area contributed by atoms with E-state index in [0.717, 1.165) is 5.57 Å². The highest BCUT2D eigenvalue weighted by atomic mass is 19.1. The highest BCUT2D eigenvalue weighted by Crippen LogP contribution is 2.23. The van der Waals surface area contributed by atoms with Crippen molar-refractivity contribution in [3.8, 4) is 0 Å². The van der Waals surface area contributed by atoms with Gasteiger partial charge in [-0.15, -0.1) is 0 Å². The molecule has 0 aromatic heterocycles. The van der Waals surface area contributed by atoms with E-state index >= 15 is 0 Å². The number of halogens is 1. The molecule has 0 bridgehead atoms. The Balaban J connectivity index is 2.58. The summed E-state index contributed by atoms with van der Waals surface area (Å²) in [5.74, 6) is -0.380. The summed E-state index contributed by atoms with van der Waals surface area (Å²) >= 11 is 0. The van der Waals surface area contributed by atoms with Gasteiger partial charge in [0, 0.05) is 11.9 Å². The molecule has 3 nitrogen and oxygen atoms in total. The number of amides is 2. The van der Waals surface area contributed by atoms with E-state index in [0.29, 0.717) is 5.69 Å². The lowest BCUT2D eigenvalue weighted by Crippen LogP contribution is -2.25. The maximum atomic E-state index is 12.9. The molecule has 0 aliphatic heterocycles. The quantitative estimate of drug-likeness (QED) is 0.821. The number of carbonyl (C=O) groups is 1. The highest BCUT2D eigenvalue weighted by Gasteiger charge is 2.12. The Morgan fingerprint density at radius 3 is 2.56 bits per heavy atom. The number of benzene rings is 1. The molecule has 0 spiro atoms. The molecule has 1 rings (SSSR count). The van der Waals surface area contributed by atoms with Gasteiger partial charge >= 0.3 is 6.03 Å². The van der Waals surface area contributed by atoms with Crippen LogP contribution in [-0.2, 0) is 0 Å². The van der Waals surface area contributed by atoms with Crippen LogP contribution in [-0.4, -0.2) is 6.03 Å². The number of hydrogen-bond donors (Lipinski definition) is 2. The van der Waals surface area contributed by atoms with Gasteiger partial charge in [0.15, 0.2) is 0 Å². The van der Waals surface area contributed by atoms with Crippen molar-refractivity contribution in [2.45, 2.75) is 27.7 Å². The van der Waals surface area contributed by atoms with Crippen molar-refractivity contribution in [2.24, 2.45) is 5.41 Å². The third kappa shape index (κ3) is 4.57. The molecular formula is C14H19FN2O. The van der Waals surface area contributed by atoms with E-state index in [-0.39, 0.29) is 17.3 Å². The molecule has 1 aromatic carbocycles. The average Bonchev–Trinajstić information content (AvgIpc) is 2.24. The Bertz CT molecular complexity index is 461. The minimum absolute atomic E-state index is 0.00609. The molecule has 2 N–H and O–H groups in total. The largest absolute Gasteiger partial charge is 0.323 e. The molecule has 0 atom stereocenters. The number of urea groups is 1. The predicted molar refractivity (Wildman–Crippen MR) is 71.8 cm³/mol. The first-order chi connectivity index (χ1) is 8.29. The van der Waals surface area contributed by atoms with Gasteiger partial charge in [0.2, 0.25) is 0 Å². The topological polar surface area (TPSA) is 41.1 Å². The first-order valence-electron chi connectivity index (χ1n) is 5.79. The minimum Gasteiger partial charge on any atom is -0.314 e. The zero-order valence-electron chi connectivity index (χ0n) is 11.2. The van der Waals surface area contributed by atoms with Crippen LogP contribution in [0.25, 0.3) is 0 Å². The predicted octanol–water partition coefficient (Wildman–Crippen LogP) is 3.90. The number of nitrogens with one attached hydrogen (secondary N) is 2. The van der Waals surface area contributed by atoms with Crippen LogP contribution in [0.2, 0.25) is 0 Å². The molecule has 0 unspecified atom stereocenters. The Morgan fingerprint density at radius 2 is 2.00 bits per heavy atom.